The molecule has 3 N–H and O–H groups in total. The minimum Gasteiger partial charge on any atom is -0.466 e. The molecule has 0 saturated heterocycles. The number of methoxy groups -OCH3 is 1. The lowest BCUT2D eigenvalue weighted by Gasteiger charge is -2.11. The van der Waals surface area contributed by atoms with Crippen LogP contribution in [0.3, 0.4) is 0 Å². The van der Waals surface area contributed by atoms with Crippen LogP contribution in [-0.4, -0.2) is 27.8 Å². The first-order chi connectivity index (χ1) is 10.5. The molecular weight excluding hydrogens is 282 g/mol. The second-order valence-corrected chi connectivity index (χ2v) is 4.94. The van der Waals surface area contributed by atoms with Crippen LogP contribution in [0.5, 0.6) is 0 Å². The standard InChI is InChI=1S/C15H19N5O2/c1-10(2)12(9-13(21)22-3)17-15-18-14(16)20(19-15)11-7-5-4-6-8-11/h4-10H,1-3H3,(H3,16,17,18,19)/b12-9-. The van der Waals surface area contributed by atoms with E-state index in [0.29, 0.717) is 11.6 Å². The van der Waals surface area contributed by atoms with Gasteiger partial charge in [-0.15, -0.1) is 5.10 Å². The van der Waals surface area contributed by atoms with Crippen molar-refractivity contribution in [3.05, 3.63) is 42.1 Å². The number of nitrogens with zero attached hydrogens (tertiary/aromatic N) is 3. The lowest BCUT2D eigenvalue weighted by atomic mass is 10.1. The Labute approximate surface area is 128 Å². The summed E-state index contributed by atoms with van der Waals surface area (Å²) in [4.78, 5) is 15.6. The van der Waals surface area contributed by atoms with Crippen molar-refractivity contribution < 1.29 is 9.53 Å². The molecule has 0 aliphatic heterocycles. The highest BCUT2D eigenvalue weighted by Gasteiger charge is 2.12. The fraction of sp³-hybridized carbons (Fsp3) is 0.267. The number of aromatic nitrogens is 3. The number of rotatable bonds is 5. The van der Waals surface area contributed by atoms with E-state index in [1.165, 1.54) is 17.9 Å². The molecular formula is C15H19N5O2. The highest BCUT2D eigenvalue weighted by molar-refractivity contribution is 5.83. The predicted octanol–water partition coefficient (Wildman–Crippen LogP) is 1.97. The SMILES string of the molecule is COC(=O)/C=C(\Nc1nc(N)n(-c2ccccc2)n1)C(C)C. The zero-order chi connectivity index (χ0) is 16.1. The summed E-state index contributed by atoms with van der Waals surface area (Å²) in [5, 5.41) is 7.32. The summed E-state index contributed by atoms with van der Waals surface area (Å²) in [6.45, 7) is 3.89. The number of hydrogen-bond donors (Lipinski definition) is 2. The first-order valence-corrected chi connectivity index (χ1v) is 6.85. The minimum absolute atomic E-state index is 0.0731. The third-order valence-corrected chi connectivity index (χ3v) is 2.99. The summed E-state index contributed by atoms with van der Waals surface area (Å²) in [7, 11) is 1.33. The summed E-state index contributed by atoms with van der Waals surface area (Å²) in [5.41, 5.74) is 7.35. The van der Waals surface area contributed by atoms with Gasteiger partial charge in [0.2, 0.25) is 11.9 Å². The third-order valence-electron chi connectivity index (χ3n) is 2.99. The van der Waals surface area contributed by atoms with Crippen LogP contribution in [0, 0.1) is 5.92 Å². The number of allylic oxidation sites excluding steroid dienone is 1. The van der Waals surface area contributed by atoms with Gasteiger partial charge in [0.25, 0.3) is 0 Å². The van der Waals surface area contributed by atoms with Crippen molar-refractivity contribution in [3.63, 3.8) is 0 Å². The molecule has 0 amide bonds. The smallest absolute Gasteiger partial charge is 0.332 e. The number of nitrogens with one attached hydrogen (secondary N) is 1. The highest BCUT2D eigenvalue weighted by atomic mass is 16.5. The normalized spacial score (nSPS) is 11.5. The third kappa shape index (κ3) is 3.63. The Hall–Kier alpha value is -2.83. The monoisotopic (exact) mass is 301 g/mol. The van der Waals surface area contributed by atoms with E-state index in [9.17, 15) is 4.79 Å². The Morgan fingerprint density at radius 1 is 1.36 bits per heavy atom. The Morgan fingerprint density at radius 2 is 2.05 bits per heavy atom. The summed E-state index contributed by atoms with van der Waals surface area (Å²) in [5.74, 6) is 0.218. The van der Waals surface area contributed by atoms with Crippen LogP contribution in [-0.2, 0) is 9.53 Å². The maximum atomic E-state index is 11.4. The van der Waals surface area contributed by atoms with Crippen LogP contribution in [0.4, 0.5) is 11.9 Å². The number of benzene rings is 1. The summed E-state index contributed by atoms with van der Waals surface area (Å²) in [6.07, 6.45) is 1.38. The molecule has 2 aromatic rings. The van der Waals surface area contributed by atoms with Crippen molar-refractivity contribution in [1.82, 2.24) is 14.8 Å². The van der Waals surface area contributed by atoms with E-state index < -0.39 is 5.97 Å². The summed E-state index contributed by atoms with van der Waals surface area (Å²) in [6, 6.07) is 9.44. The molecule has 0 aliphatic carbocycles. The summed E-state index contributed by atoms with van der Waals surface area (Å²) >= 11 is 0. The lowest BCUT2D eigenvalue weighted by Crippen LogP contribution is -2.11. The topological polar surface area (TPSA) is 95.1 Å². The summed E-state index contributed by atoms with van der Waals surface area (Å²) < 4.78 is 6.17. The number of ether oxygens (including phenoxy) is 1. The van der Waals surface area contributed by atoms with E-state index in [1.807, 2.05) is 44.2 Å². The van der Waals surface area contributed by atoms with Crippen molar-refractivity contribution in [2.24, 2.45) is 5.92 Å². The van der Waals surface area contributed by atoms with Crippen molar-refractivity contribution in [1.29, 1.82) is 0 Å². The van der Waals surface area contributed by atoms with E-state index in [-0.39, 0.29) is 11.9 Å². The van der Waals surface area contributed by atoms with Gasteiger partial charge in [0.05, 0.1) is 12.8 Å². The average Bonchev–Trinajstić information content (AvgIpc) is 2.87. The number of carbonyl (C=O) groups excluding carboxylic acids is 1. The Kier molecular flexibility index (Phi) is 4.77. The number of carbonyl (C=O) groups is 1. The van der Waals surface area contributed by atoms with Gasteiger partial charge in [0.1, 0.15) is 0 Å². The average molecular weight is 301 g/mol. The quantitative estimate of drug-likeness (QED) is 0.647. The van der Waals surface area contributed by atoms with Crippen LogP contribution in [0.15, 0.2) is 42.1 Å². The van der Waals surface area contributed by atoms with Crippen LogP contribution in [0.2, 0.25) is 0 Å². The molecule has 22 heavy (non-hydrogen) atoms. The van der Waals surface area contributed by atoms with Crippen molar-refractivity contribution in [2.75, 3.05) is 18.2 Å². The molecule has 0 radical (unpaired) electrons. The largest absolute Gasteiger partial charge is 0.466 e. The minimum atomic E-state index is -0.438. The first kappa shape index (κ1) is 15.6. The van der Waals surface area contributed by atoms with Crippen molar-refractivity contribution in [3.8, 4) is 5.69 Å². The molecule has 0 bridgehead atoms. The molecule has 1 heterocycles. The number of para-hydroxylation sites is 1. The molecule has 0 atom stereocenters. The first-order valence-electron chi connectivity index (χ1n) is 6.85. The van der Waals surface area contributed by atoms with Gasteiger partial charge in [0.15, 0.2) is 0 Å². The molecule has 116 valence electrons. The number of hydrogen-bond acceptors (Lipinski definition) is 6. The Bertz CT molecular complexity index is 676. The number of nitrogen functional groups attached to an aromatic ring is 1. The van der Waals surface area contributed by atoms with E-state index in [2.05, 4.69) is 20.1 Å². The van der Waals surface area contributed by atoms with Gasteiger partial charge >= 0.3 is 5.97 Å². The zero-order valence-corrected chi connectivity index (χ0v) is 12.8. The predicted molar refractivity (Wildman–Crippen MR) is 84.3 cm³/mol. The van der Waals surface area contributed by atoms with Crippen LogP contribution in [0.25, 0.3) is 5.69 Å². The van der Waals surface area contributed by atoms with Crippen molar-refractivity contribution in [2.45, 2.75) is 13.8 Å². The van der Waals surface area contributed by atoms with Gasteiger partial charge in [-0.3, -0.25) is 0 Å². The molecule has 7 nitrogen and oxygen atoms in total. The number of anilines is 2. The van der Waals surface area contributed by atoms with E-state index in [0.717, 1.165) is 5.69 Å². The molecule has 0 spiro atoms. The van der Waals surface area contributed by atoms with Gasteiger partial charge in [0, 0.05) is 11.8 Å². The van der Waals surface area contributed by atoms with Crippen LogP contribution < -0.4 is 11.1 Å². The fourth-order valence-corrected chi connectivity index (χ4v) is 1.80. The Morgan fingerprint density at radius 3 is 2.64 bits per heavy atom. The highest BCUT2D eigenvalue weighted by Crippen LogP contribution is 2.17. The van der Waals surface area contributed by atoms with Gasteiger partial charge < -0.3 is 15.8 Å². The van der Waals surface area contributed by atoms with E-state index in [1.54, 1.807) is 0 Å². The van der Waals surface area contributed by atoms with Gasteiger partial charge in [-0.25, -0.2) is 4.79 Å². The molecule has 0 aliphatic rings. The maximum absolute atomic E-state index is 11.4. The van der Waals surface area contributed by atoms with E-state index >= 15 is 0 Å². The molecule has 1 aromatic carbocycles. The second kappa shape index (κ2) is 6.75. The van der Waals surface area contributed by atoms with Gasteiger partial charge in [-0.1, -0.05) is 32.0 Å². The van der Waals surface area contributed by atoms with Crippen LogP contribution in [0.1, 0.15) is 13.8 Å². The van der Waals surface area contributed by atoms with E-state index in [4.69, 9.17) is 5.73 Å². The second-order valence-electron chi connectivity index (χ2n) is 4.94. The number of nitrogens with two attached hydrogens (primary N) is 1. The van der Waals surface area contributed by atoms with Gasteiger partial charge in [-0.05, 0) is 18.1 Å². The zero-order valence-electron chi connectivity index (χ0n) is 12.8. The molecule has 2 rings (SSSR count). The maximum Gasteiger partial charge on any atom is 0.332 e. The molecule has 0 saturated carbocycles. The molecule has 0 unspecified atom stereocenters. The molecule has 1 aromatic heterocycles. The lowest BCUT2D eigenvalue weighted by molar-refractivity contribution is -0.134. The molecule has 0 fully saturated rings. The number of esters is 1. The van der Waals surface area contributed by atoms with Gasteiger partial charge in [-0.2, -0.15) is 9.67 Å². The fourth-order valence-electron chi connectivity index (χ4n) is 1.80. The van der Waals surface area contributed by atoms with Crippen LogP contribution >= 0.6 is 0 Å². The Balaban J connectivity index is 2.27. The van der Waals surface area contributed by atoms with Crippen molar-refractivity contribution >= 4 is 17.9 Å². The molecule has 7 heteroatoms.